The Kier molecular flexibility index (Phi) is 7.86. The van der Waals surface area contributed by atoms with Gasteiger partial charge in [0.05, 0.1) is 12.0 Å². The Morgan fingerprint density at radius 3 is 2.41 bits per heavy atom. The number of hydrogen-bond donors (Lipinski definition) is 2. The average molecular weight is 551 g/mol. The number of aliphatic hydroxyl groups is 1. The number of anilines is 1. The number of carbonyl (C=O) groups excluding carboxylic acids is 1. The lowest BCUT2D eigenvalue weighted by Crippen LogP contribution is -2.29. The van der Waals surface area contributed by atoms with Crippen LogP contribution in [0.4, 0.5) is 32.0 Å². The van der Waals surface area contributed by atoms with Crippen LogP contribution >= 0.6 is 0 Å². The topological polar surface area (TPSA) is 78.1 Å². The van der Waals surface area contributed by atoms with E-state index in [4.69, 9.17) is 4.42 Å². The SMILES string of the molecule is CN(CCO)C(=O)c1ccccc1-c1c2cc/c(=N\CC(F)(F)F)cc-2oc2cc(NCC(F)(F)F)ccc12. The second kappa shape index (κ2) is 11.0. The highest BCUT2D eigenvalue weighted by Crippen LogP contribution is 2.42. The minimum atomic E-state index is -4.51. The van der Waals surface area contributed by atoms with Crippen LogP contribution in [0.25, 0.3) is 33.4 Å². The molecule has 39 heavy (non-hydrogen) atoms. The summed E-state index contributed by atoms with van der Waals surface area (Å²) in [6.07, 6.45) is -8.98. The molecule has 1 heterocycles. The number of alkyl halides is 6. The lowest BCUT2D eigenvalue weighted by molar-refractivity contribution is -0.118. The van der Waals surface area contributed by atoms with E-state index in [9.17, 15) is 36.2 Å². The molecular formula is C27H23F6N3O3. The Morgan fingerprint density at radius 1 is 0.974 bits per heavy atom. The van der Waals surface area contributed by atoms with E-state index in [0.717, 1.165) is 0 Å². The molecule has 12 heteroatoms. The van der Waals surface area contributed by atoms with Gasteiger partial charge in [-0.2, -0.15) is 26.3 Å². The highest BCUT2D eigenvalue weighted by Gasteiger charge is 2.28. The van der Waals surface area contributed by atoms with Crippen LogP contribution in [-0.4, -0.2) is 61.6 Å². The third-order valence-corrected chi connectivity index (χ3v) is 5.85. The molecule has 0 bridgehead atoms. The van der Waals surface area contributed by atoms with Gasteiger partial charge in [0.1, 0.15) is 24.4 Å². The third-order valence-electron chi connectivity index (χ3n) is 5.85. The van der Waals surface area contributed by atoms with E-state index in [0.29, 0.717) is 22.1 Å². The van der Waals surface area contributed by atoms with Gasteiger partial charge < -0.3 is 19.7 Å². The minimum Gasteiger partial charge on any atom is -0.456 e. The standard InChI is InChI=1S/C27H23F6N3O3/c1-36(10-11-37)25(38)19-5-3-2-4-18(19)24-20-8-6-16(34-14-26(28,29)30)12-22(20)39-23-13-17(7-9-21(23)24)35-15-27(31,32)33/h2-9,12-13,34,37H,10-11,14-15H2,1H3/b35-17+. The number of nitrogens with zero attached hydrogens (tertiary/aromatic N) is 2. The zero-order valence-corrected chi connectivity index (χ0v) is 20.5. The fraction of sp³-hybridized carbons (Fsp3) is 0.259. The summed E-state index contributed by atoms with van der Waals surface area (Å²) in [5, 5.41) is 12.0. The first-order chi connectivity index (χ1) is 18.4. The second-order valence-corrected chi connectivity index (χ2v) is 8.76. The van der Waals surface area contributed by atoms with Gasteiger partial charge in [0.15, 0.2) is 0 Å². The molecule has 1 aliphatic heterocycles. The molecule has 1 amide bonds. The summed E-state index contributed by atoms with van der Waals surface area (Å²) in [4.78, 5) is 18.1. The lowest BCUT2D eigenvalue weighted by Gasteiger charge is -2.21. The Hall–Kier alpha value is -4.06. The molecule has 0 radical (unpaired) electrons. The van der Waals surface area contributed by atoms with Crippen molar-refractivity contribution in [2.45, 2.75) is 12.4 Å². The van der Waals surface area contributed by atoms with Gasteiger partial charge in [-0.15, -0.1) is 0 Å². The molecule has 0 atom stereocenters. The van der Waals surface area contributed by atoms with E-state index in [1.54, 1.807) is 30.3 Å². The number of benzene rings is 3. The van der Waals surface area contributed by atoms with Crippen molar-refractivity contribution in [3.63, 3.8) is 0 Å². The number of likely N-dealkylation sites (N-methyl/N-ethyl adjacent to an activating group) is 1. The van der Waals surface area contributed by atoms with E-state index in [2.05, 4.69) is 10.3 Å². The van der Waals surface area contributed by atoms with Crippen LogP contribution in [0.5, 0.6) is 0 Å². The molecule has 0 spiro atoms. The first-order valence-corrected chi connectivity index (χ1v) is 11.7. The second-order valence-electron chi connectivity index (χ2n) is 8.76. The van der Waals surface area contributed by atoms with E-state index in [-0.39, 0.29) is 47.0 Å². The number of amides is 1. The third kappa shape index (κ3) is 6.69. The quantitative estimate of drug-likeness (QED) is 0.228. The number of aliphatic hydroxyl groups excluding tert-OH is 1. The van der Waals surface area contributed by atoms with Crippen LogP contribution in [0.15, 0.2) is 70.1 Å². The maximum atomic E-state index is 13.2. The molecule has 2 aliphatic rings. The van der Waals surface area contributed by atoms with E-state index in [1.807, 2.05) is 0 Å². The highest BCUT2D eigenvalue weighted by atomic mass is 19.4. The lowest BCUT2D eigenvalue weighted by atomic mass is 9.90. The van der Waals surface area contributed by atoms with Crippen LogP contribution in [0.3, 0.4) is 0 Å². The monoisotopic (exact) mass is 551 g/mol. The van der Waals surface area contributed by atoms with E-state index in [1.165, 1.54) is 42.3 Å². The van der Waals surface area contributed by atoms with Crippen molar-refractivity contribution >= 4 is 22.6 Å². The van der Waals surface area contributed by atoms with Crippen LogP contribution in [0, 0.1) is 0 Å². The average Bonchev–Trinajstić information content (AvgIpc) is 2.88. The molecule has 2 N–H and O–H groups in total. The van der Waals surface area contributed by atoms with Crippen molar-refractivity contribution in [1.82, 2.24) is 4.90 Å². The number of fused-ring (bicyclic) bond motifs is 2. The summed E-state index contributed by atoms with van der Waals surface area (Å²) in [5.41, 5.74) is 1.95. The summed E-state index contributed by atoms with van der Waals surface area (Å²) >= 11 is 0. The van der Waals surface area contributed by atoms with Gasteiger partial charge in [-0.3, -0.25) is 9.79 Å². The normalized spacial score (nSPS) is 12.8. The predicted octanol–water partition coefficient (Wildman–Crippen LogP) is 5.71. The molecule has 0 fully saturated rings. The molecule has 0 saturated carbocycles. The molecule has 0 saturated heterocycles. The van der Waals surface area contributed by atoms with E-state index < -0.39 is 25.4 Å². The van der Waals surface area contributed by atoms with Crippen LogP contribution in [0.1, 0.15) is 10.4 Å². The van der Waals surface area contributed by atoms with Gasteiger partial charge in [-0.1, -0.05) is 18.2 Å². The molecule has 1 aliphatic carbocycles. The smallest absolute Gasteiger partial charge is 0.407 e. The van der Waals surface area contributed by atoms with Crippen molar-refractivity contribution in [2.75, 3.05) is 38.6 Å². The predicted molar refractivity (Wildman–Crippen MR) is 133 cm³/mol. The van der Waals surface area contributed by atoms with Crippen molar-refractivity contribution < 1.29 is 40.7 Å². The summed E-state index contributed by atoms with van der Waals surface area (Å²) in [5.74, 6) is -0.262. The molecule has 2 aromatic rings. The largest absolute Gasteiger partial charge is 0.456 e. The van der Waals surface area contributed by atoms with Crippen molar-refractivity contribution in [2.24, 2.45) is 4.99 Å². The Balaban J connectivity index is 1.97. The number of halogens is 6. The Bertz CT molecular complexity index is 1530. The molecular weight excluding hydrogens is 528 g/mol. The van der Waals surface area contributed by atoms with Crippen LogP contribution in [0.2, 0.25) is 0 Å². The van der Waals surface area contributed by atoms with E-state index >= 15 is 0 Å². The summed E-state index contributed by atoms with van der Waals surface area (Å²) in [6.45, 7) is -2.86. The molecule has 0 aromatic heterocycles. The van der Waals surface area contributed by atoms with Gasteiger partial charge in [0.25, 0.3) is 5.91 Å². The summed E-state index contributed by atoms with van der Waals surface area (Å²) < 4.78 is 82.4. The van der Waals surface area contributed by atoms with Crippen molar-refractivity contribution in [3.05, 3.63) is 71.6 Å². The Labute approximate surface area is 218 Å². The summed E-state index contributed by atoms with van der Waals surface area (Å²) in [7, 11) is 1.53. The molecule has 206 valence electrons. The van der Waals surface area contributed by atoms with Gasteiger partial charge in [-0.05, 0) is 35.9 Å². The number of hydrogen-bond acceptors (Lipinski definition) is 5. The molecule has 0 unspecified atom stereocenters. The fourth-order valence-electron chi connectivity index (χ4n) is 4.11. The Morgan fingerprint density at radius 2 is 1.72 bits per heavy atom. The maximum absolute atomic E-state index is 13.2. The van der Waals surface area contributed by atoms with Gasteiger partial charge in [0, 0.05) is 53.5 Å². The molecule has 6 nitrogen and oxygen atoms in total. The first-order valence-electron chi connectivity index (χ1n) is 11.7. The van der Waals surface area contributed by atoms with Crippen LogP contribution < -0.4 is 10.7 Å². The number of nitrogens with one attached hydrogen (secondary N) is 1. The minimum absolute atomic E-state index is 0.00716. The number of rotatable bonds is 7. The van der Waals surface area contributed by atoms with Crippen molar-refractivity contribution in [1.29, 1.82) is 0 Å². The number of carbonyl (C=O) groups is 1. The zero-order valence-electron chi connectivity index (χ0n) is 20.5. The fourth-order valence-corrected chi connectivity index (χ4v) is 4.11. The van der Waals surface area contributed by atoms with Gasteiger partial charge in [-0.25, -0.2) is 0 Å². The molecule has 4 rings (SSSR count). The van der Waals surface area contributed by atoms with Gasteiger partial charge in [0.2, 0.25) is 0 Å². The van der Waals surface area contributed by atoms with Crippen molar-refractivity contribution in [3.8, 4) is 22.5 Å². The maximum Gasteiger partial charge on any atom is 0.407 e. The zero-order chi connectivity index (χ0) is 28.4. The molecule has 2 aromatic carbocycles. The first kappa shape index (κ1) is 28.0. The van der Waals surface area contributed by atoms with Gasteiger partial charge >= 0.3 is 12.4 Å². The highest BCUT2D eigenvalue weighted by molar-refractivity contribution is 6.09. The van der Waals surface area contributed by atoms with Crippen LogP contribution in [-0.2, 0) is 0 Å². The summed E-state index contributed by atoms with van der Waals surface area (Å²) in [6, 6.07) is 15.2.